The average molecular weight is 318 g/mol. The topological polar surface area (TPSA) is 92.8 Å². The van der Waals surface area contributed by atoms with Gasteiger partial charge in [0.2, 0.25) is 5.91 Å². The highest BCUT2D eigenvalue weighted by Crippen LogP contribution is 2.22. The lowest BCUT2D eigenvalue weighted by molar-refractivity contribution is -0.167. The van der Waals surface area contributed by atoms with Gasteiger partial charge in [-0.05, 0) is 17.5 Å². The summed E-state index contributed by atoms with van der Waals surface area (Å²) >= 11 is 0. The van der Waals surface area contributed by atoms with Gasteiger partial charge in [-0.15, -0.1) is 0 Å². The van der Waals surface area contributed by atoms with Gasteiger partial charge in [-0.3, -0.25) is 14.4 Å². The molecule has 0 radical (unpaired) electrons. The smallest absolute Gasteiger partial charge is 0.345 e. The first-order valence-electron chi connectivity index (χ1n) is 7.14. The van der Waals surface area contributed by atoms with Gasteiger partial charge >= 0.3 is 5.97 Å². The third-order valence-electron chi connectivity index (χ3n) is 3.07. The maximum absolute atomic E-state index is 12.0. The minimum absolute atomic E-state index is 0.182. The van der Waals surface area contributed by atoms with Crippen molar-refractivity contribution in [3.8, 4) is 0 Å². The fraction of sp³-hybridized carbons (Fsp3) is 0.375. The van der Waals surface area contributed by atoms with E-state index in [1.54, 1.807) is 12.1 Å². The minimum atomic E-state index is -0.887. The van der Waals surface area contributed by atoms with E-state index in [4.69, 9.17) is 4.84 Å². The number of hydrogen-bond donors (Lipinski definition) is 1. The predicted molar refractivity (Wildman–Crippen MR) is 80.1 cm³/mol. The summed E-state index contributed by atoms with van der Waals surface area (Å²) in [7, 11) is 0. The summed E-state index contributed by atoms with van der Waals surface area (Å²) in [4.78, 5) is 52.2. The Hall–Kier alpha value is -2.70. The zero-order valence-corrected chi connectivity index (χ0v) is 13.2. The van der Waals surface area contributed by atoms with Gasteiger partial charge < -0.3 is 10.2 Å². The molecule has 1 heterocycles. The van der Waals surface area contributed by atoms with Crippen LogP contribution in [0.1, 0.15) is 47.9 Å². The first kappa shape index (κ1) is 16.7. The molecule has 3 amide bonds. The molecule has 1 aliphatic rings. The molecule has 1 aliphatic heterocycles. The van der Waals surface area contributed by atoms with Gasteiger partial charge in [0.1, 0.15) is 6.54 Å². The van der Waals surface area contributed by atoms with Crippen LogP contribution in [0.5, 0.6) is 0 Å². The molecule has 0 bridgehead atoms. The number of rotatable bonds is 4. The fourth-order valence-corrected chi connectivity index (χ4v) is 2.10. The van der Waals surface area contributed by atoms with Gasteiger partial charge in [-0.25, -0.2) is 4.79 Å². The number of carbonyl (C=O) groups excluding carboxylic acids is 4. The van der Waals surface area contributed by atoms with Gasteiger partial charge in [0.05, 0.1) is 11.1 Å². The molecule has 0 unspecified atom stereocenters. The lowest BCUT2D eigenvalue weighted by Gasteiger charge is -2.17. The van der Waals surface area contributed by atoms with Crippen LogP contribution in [0.2, 0.25) is 0 Å². The molecular formula is C16H18N2O5. The maximum atomic E-state index is 12.0. The van der Waals surface area contributed by atoms with Crippen LogP contribution >= 0.6 is 0 Å². The molecule has 7 heteroatoms. The lowest BCUT2D eigenvalue weighted by Crippen LogP contribution is -2.38. The normalized spacial score (nSPS) is 13.8. The molecule has 0 atom stereocenters. The van der Waals surface area contributed by atoms with Crippen molar-refractivity contribution in [1.29, 1.82) is 0 Å². The average Bonchev–Trinajstić information content (AvgIpc) is 2.69. The van der Waals surface area contributed by atoms with Crippen LogP contribution in [-0.2, 0) is 14.4 Å². The Labute approximate surface area is 133 Å². The zero-order valence-electron chi connectivity index (χ0n) is 13.2. The Bertz CT molecular complexity index is 640. The van der Waals surface area contributed by atoms with Crippen LogP contribution < -0.4 is 5.32 Å². The van der Waals surface area contributed by atoms with E-state index in [9.17, 15) is 19.2 Å². The van der Waals surface area contributed by atoms with E-state index >= 15 is 0 Å². The Balaban J connectivity index is 1.91. The zero-order chi connectivity index (χ0) is 17.2. The van der Waals surface area contributed by atoms with Gasteiger partial charge in [-0.1, -0.05) is 38.0 Å². The maximum Gasteiger partial charge on any atom is 0.352 e. The monoisotopic (exact) mass is 318 g/mol. The van der Waals surface area contributed by atoms with Crippen molar-refractivity contribution < 1.29 is 24.0 Å². The molecule has 0 spiro atoms. The summed E-state index contributed by atoms with van der Waals surface area (Å²) in [5.74, 6) is -2.58. The molecule has 0 saturated heterocycles. The molecule has 23 heavy (non-hydrogen) atoms. The van der Waals surface area contributed by atoms with Crippen LogP contribution in [0.25, 0.3) is 0 Å². The van der Waals surface area contributed by atoms with Crippen LogP contribution in [-0.4, -0.2) is 35.3 Å². The number of imide groups is 1. The number of carbonyl (C=O) groups is 4. The van der Waals surface area contributed by atoms with Gasteiger partial charge in [-0.2, -0.15) is 0 Å². The number of nitrogens with zero attached hydrogens (tertiary/aromatic N) is 1. The summed E-state index contributed by atoms with van der Waals surface area (Å²) in [5.41, 5.74) is 0.153. The molecule has 1 aromatic carbocycles. The molecular weight excluding hydrogens is 300 g/mol. The fourth-order valence-electron chi connectivity index (χ4n) is 2.10. The Kier molecular flexibility index (Phi) is 4.49. The van der Waals surface area contributed by atoms with Crippen molar-refractivity contribution in [3.05, 3.63) is 35.4 Å². The molecule has 122 valence electrons. The highest BCUT2D eigenvalue weighted by atomic mass is 16.7. The van der Waals surface area contributed by atoms with Gasteiger partial charge in [0, 0.05) is 6.42 Å². The molecule has 2 rings (SSSR count). The number of hydroxylamine groups is 2. The minimum Gasteiger partial charge on any atom is -0.345 e. The highest BCUT2D eigenvalue weighted by Gasteiger charge is 2.38. The van der Waals surface area contributed by atoms with Crippen molar-refractivity contribution in [2.75, 3.05) is 6.54 Å². The van der Waals surface area contributed by atoms with E-state index in [0.29, 0.717) is 5.06 Å². The van der Waals surface area contributed by atoms with E-state index in [1.807, 2.05) is 20.8 Å². The van der Waals surface area contributed by atoms with Crippen LogP contribution in [0.3, 0.4) is 0 Å². The molecule has 7 nitrogen and oxygen atoms in total. The van der Waals surface area contributed by atoms with Crippen molar-refractivity contribution in [2.45, 2.75) is 27.2 Å². The quantitative estimate of drug-likeness (QED) is 0.845. The van der Waals surface area contributed by atoms with E-state index in [2.05, 4.69) is 5.32 Å². The summed E-state index contributed by atoms with van der Waals surface area (Å²) in [6, 6.07) is 6.19. The third kappa shape index (κ3) is 3.94. The molecule has 0 fully saturated rings. The second kappa shape index (κ2) is 6.20. The molecule has 0 aliphatic carbocycles. The number of benzene rings is 1. The molecule has 1 aromatic rings. The summed E-state index contributed by atoms with van der Waals surface area (Å²) in [6.07, 6.45) is 0.243. The van der Waals surface area contributed by atoms with E-state index in [0.717, 1.165) is 0 Å². The van der Waals surface area contributed by atoms with Crippen LogP contribution in [0.15, 0.2) is 24.3 Å². The Morgan fingerprint density at radius 2 is 1.61 bits per heavy atom. The van der Waals surface area contributed by atoms with Crippen molar-refractivity contribution in [2.24, 2.45) is 5.41 Å². The van der Waals surface area contributed by atoms with Crippen LogP contribution in [0, 0.1) is 5.41 Å². The largest absolute Gasteiger partial charge is 0.352 e. The third-order valence-corrected chi connectivity index (χ3v) is 3.07. The van der Waals surface area contributed by atoms with Crippen molar-refractivity contribution >= 4 is 23.7 Å². The van der Waals surface area contributed by atoms with E-state index in [-0.39, 0.29) is 28.9 Å². The van der Waals surface area contributed by atoms with Gasteiger partial charge in [0.25, 0.3) is 11.8 Å². The molecule has 0 aromatic heterocycles. The molecule has 1 N–H and O–H groups in total. The Morgan fingerprint density at radius 3 is 2.09 bits per heavy atom. The van der Waals surface area contributed by atoms with Crippen LogP contribution in [0.4, 0.5) is 0 Å². The van der Waals surface area contributed by atoms with Crippen molar-refractivity contribution in [3.63, 3.8) is 0 Å². The lowest BCUT2D eigenvalue weighted by atomic mass is 9.92. The standard InChI is InChI=1S/C16H18N2O5/c1-16(2,3)8-12(19)17-9-13(20)23-18-14(21)10-6-4-5-7-11(10)15(18)22/h4-7H,8-9H2,1-3H3,(H,17,19). The Morgan fingerprint density at radius 1 is 1.09 bits per heavy atom. The number of amides is 3. The summed E-state index contributed by atoms with van der Waals surface area (Å²) in [5, 5.41) is 2.82. The molecule has 0 saturated carbocycles. The predicted octanol–water partition coefficient (Wildman–Crippen LogP) is 1.29. The second-order valence-corrected chi connectivity index (χ2v) is 6.43. The second-order valence-electron chi connectivity index (χ2n) is 6.43. The number of nitrogens with one attached hydrogen (secondary N) is 1. The first-order chi connectivity index (χ1) is 10.7. The number of fused-ring (bicyclic) bond motifs is 1. The van der Waals surface area contributed by atoms with E-state index < -0.39 is 24.3 Å². The van der Waals surface area contributed by atoms with Crippen molar-refractivity contribution in [1.82, 2.24) is 10.4 Å². The summed E-state index contributed by atoms with van der Waals surface area (Å²) in [6.45, 7) is 5.26. The van der Waals surface area contributed by atoms with E-state index in [1.165, 1.54) is 12.1 Å². The highest BCUT2D eigenvalue weighted by molar-refractivity contribution is 6.20. The SMILES string of the molecule is CC(C)(C)CC(=O)NCC(=O)ON1C(=O)c2ccccc2C1=O. The summed E-state index contributed by atoms with van der Waals surface area (Å²) < 4.78 is 0. The first-order valence-corrected chi connectivity index (χ1v) is 7.14. The number of hydrogen-bond acceptors (Lipinski definition) is 5. The van der Waals surface area contributed by atoms with Gasteiger partial charge in [0.15, 0.2) is 0 Å².